The highest BCUT2D eigenvalue weighted by Gasteiger charge is 2.22. The summed E-state index contributed by atoms with van der Waals surface area (Å²) in [6.45, 7) is 1.64. The second-order valence-electron chi connectivity index (χ2n) is 4.39. The van der Waals surface area contributed by atoms with Crippen LogP contribution in [0.5, 0.6) is 0 Å². The molecule has 0 saturated heterocycles. The molecular weight excluding hydrogens is 287 g/mol. The van der Waals surface area contributed by atoms with Crippen LogP contribution in [0, 0.1) is 5.82 Å². The molecule has 0 unspecified atom stereocenters. The van der Waals surface area contributed by atoms with Crippen LogP contribution in [0.2, 0.25) is 0 Å². The topological polar surface area (TPSA) is 59.5 Å². The molecule has 0 fully saturated rings. The third-order valence-electron chi connectivity index (χ3n) is 2.85. The molecule has 5 nitrogen and oxygen atoms in total. The Morgan fingerprint density at radius 1 is 1.18 bits per heavy atom. The molecule has 6 heteroatoms. The van der Waals surface area contributed by atoms with Crippen LogP contribution in [-0.4, -0.2) is 30.0 Å². The number of halogens is 1. The normalized spacial score (nSPS) is 10.1. The molecule has 0 radical (unpaired) electrons. The summed E-state index contributed by atoms with van der Waals surface area (Å²) in [5, 5.41) is 0. The summed E-state index contributed by atoms with van der Waals surface area (Å²) in [6.07, 6.45) is 1.52. The van der Waals surface area contributed by atoms with Crippen LogP contribution >= 0.6 is 0 Å². The first kappa shape index (κ1) is 15.6. The zero-order chi connectivity index (χ0) is 15.9. The van der Waals surface area contributed by atoms with E-state index in [2.05, 4.69) is 4.98 Å². The van der Waals surface area contributed by atoms with Crippen LogP contribution < -0.4 is 4.90 Å². The fourth-order valence-electron chi connectivity index (χ4n) is 1.85. The van der Waals surface area contributed by atoms with Crippen molar-refractivity contribution in [1.82, 2.24) is 4.98 Å². The number of nitrogens with zero attached hydrogens (tertiary/aromatic N) is 2. The predicted octanol–water partition coefficient (Wildman–Crippen LogP) is 2.43. The largest absolute Gasteiger partial charge is 0.465 e. The summed E-state index contributed by atoms with van der Waals surface area (Å²) in [6, 6.07) is 10.1. The molecule has 0 aliphatic rings. The number of esters is 1. The molecule has 1 aromatic heterocycles. The maximum Gasteiger partial charge on any atom is 0.326 e. The number of pyridine rings is 1. The van der Waals surface area contributed by atoms with Gasteiger partial charge in [0.2, 0.25) is 0 Å². The van der Waals surface area contributed by atoms with Gasteiger partial charge in [0.1, 0.15) is 18.2 Å². The van der Waals surface area contributed by atoms with Gasteiger partial charge in [0, 0.05) is 11.8 Å². The molecule has 1 aromatic carbocycles. The summed E-state index contributed by atoms with van der Waals surface area (Å²) < 4.78 is 17.9. The van der Waals surface area contributed by atoms with Crippen molar-refractivity contribution in [3.63, 3.8) is 0 Å². The summed E-state index contributed by atoms with van der Waals surface area (Å²) in [5.74, 6) is -1.11. The first-order valence-electron chi connectivity index (χ1n) is 6.76. The molecule has 114 valence electrons. The number of ether oxygens (including phenoxy) is 1. The van der Waals surface area contributed by atoms with Crippen molar-refractivity contribution in [2.75, 3.05) is 18.1 Å². The van der Waals surface area contributed by atoms with Crippen molar-refractivity contribution in [2.24, 2.45) is 0 Å². The third kappa shape index (κ3) is 3.88. The van der Waals surface area contributed by atoms with Gasteiger partial charge in [-0.3, -0.25) is 14.5 Å². The molecule has 22 heavy (non-hydrogen) atoms. The van der Waals surface area contributed by atoms with Crippen molar-refractivity contribution in [3.8, 4) is 0 Å². The van der Waals surface area contributed by atoms with Gasteiger partial charge in [0.25, 0.3) is 5.91 Å². The molecule has 2 rings (SSSR count). The molecule has 1 amide bonds. The first-order chi connectivity index (χ1) is 10.6. The molecule has 0 aliphatic heterocycles. The van der Waals surface area contributed by atoms with Crippen molar-refractivity contribution in [2.45, 2.75) is 6.92 Å². The fourth-order valence-corrected chi connectivity index (χ4v) is 1.85. The van der Waals surface area contributed by atoms with Crippen LogP contribution in [0.3, 0.4) is 0 Å². The Morgan fingerprint density at radius 2 is 1.91 bits per heavy atom. The number of amides is 1. The molecule has 0 aliphatic carbocycles. The SMILES string of the molecule is CCOC(=O)CN(C(=O)c1ccc(F)cc1)c1ccccn1. The number of hydrogen-bond donors (Lipinski definition) is 0. The van der Waals surface area contributed by atoms with Gasteiger partial charge < -0.3 is 4.74 Å². The monoisotopic (exact) mass is 302 g/mol. The maximum atomic E-state index is 13.0. The zero-order valence-corrected chi connectivity index (χ0v) is 12.0. The summed E-state index contributed by atoms with van der Waals surface area (Å²) in [4.78, 5) is 29.5. The third-order valence-corrected chi connectivity index (χ3v) is 2.85. The fraction of sp³-hybridized carbons (Fsp3) is 0.188. The van der Waals surface area contributed by atoms with Gasteiger partial charge in [-0.1, -0.05) is 6.07 Å². The van der Waals surface area contributed by atoms with E-state index in [9.17, 15) is 14.0 Å². The van der Waals surface area contributed by atoms with Crippen molar-refractivity contribution in [3.05, 3.63) is 60.0 Å². The van der Waals surface area contributed by atoms with Gasteiger partial charge in [-0.05, 0) is 43.3 Å². The van der Waals surface area contributed by atoms with Crippen LogP contribution in [0.15, 0.2) is 48.7 Å². The highest BCUT2D eigenvalue weighted by molar-refractivity contribution is 6.07. The van der Waals surface area contributed by atoms with E-state index in [4.69, 9.17) is 4.74 Å². The Balaban J connectivity index is 2.29. The molecule has 0 bridgehead atoms. The molecule has 0 atom stereocenters. The number of carbonyl (C=O) groups is 2. The quantitative estimate of drug-likeness (QED) is 0.796. The Hall–Kier alpha value is -2.76. The zero-order valence-electron chi connectivity index (χ0n) is 12.0. The van der Waals surface area contributed by atoms with E-state index in [1.807, 2.05) is 0 Å². The number of anilines is 1. The summed E-state index contributed by atoms with van der Waals surface area (Å²) in [7, 11) is 0. The van der Waals surface area contributed by atoms with E-state index in [0.29, 0.717) is 5.82 Å². The van der Waals surface area contributed by atoms with E-state index in [-0.39, 0.29) is 18.7 Å². The summed E-state index contributed by atoms with van der Waals surface area (Å²) >= 11 is 0. The van der Waals surface area contributed by atoms with Crippen LogP contribution in [0.1, 0.15) is 17.3 Å². The lowest BCUT2D eigenvalue weighted by atomic mass is 10.2. The van der Waals surface area contributed by atoms with Gasteiger partial charge in [-0.15, -0.1) is 0 Å². The highest BCUT2D eigenvalue weighted by Crippen LogP contribution is 2.14. The summed E-state index contributed by atoms with van der Waals surface area (Å²) in [5.41, 5.74) is 0.261. The van der Waals surface area contributed by atoms with E-state index in [0.717, 1.165) is 0 Å². The van der Waals surface area contributed by atoms with Crippen molar-refractivity contribution >= 4 is 17.7 Å². The first-order valence-corrected chi connectivity index (χ1v) is 6.76. The second kappa shape index (κ2) is 7.31. The molecule has 0 spiro atoms. The number of aromatic nitrogens is 1. The Kier molecular flexibility index (Phi) is 5.19. The van der Waals surface area contributed by atoms with Crippen LogP contribution in [0.25, 0.3) is 0 Å². The minimum Gasteiger partial charge on any atom is -0.465 e. The number of carbonyl (C=O) groups excluding carboxylic acids is 2. The molecule has 1 heterocycles. The van der Waals surface area contributed by atoms with Gasteiger partial charge in [-0.25, -0.2) is 9.37 Å². The predicted molar refractivity (Wildman–Crippen MR) is 78.9 cm³/mol. The van der Waals surface area contributed by atoms with Crippen LogP contribution in [0.4, 0.5) is 10.2 Å². The highest BCUT2D eigenvalue weighted by atomic mass is 19.1. The minimum absolute atomic E-state index is 0.222. The van der Waals surface area contributed by atoms with Gasteiger partial charge in [0.15, 0.2) is 0 Å². The Morgan fingerprint density at radius 3 is 2.50 bits per heavy atom. The van der Waals surface area contributed by atoms with Gasteiger partial charge >= 0.3 is 5.97 Å². The van der Waals surface area contributed by atoms with E-state index in [1.54, 1.807) is 25.1 Å². The van der Waals surface area contributed by atoms with Crippen LogP contribution in [-0.2, 0) is 9.53 Å². The maximum absolute atomic E-state index is 13.0. The lowest BCUT2D eigenvalue weighted by Gasteiger charge is -2.20. The average molecular weight is 302 g/mol. The van der Waals surface area contributed by atoms with E-state index in [1.165, 1.54) is 35.4 Å². The Labute approximate surface area is 127 Å². The minimum atomic E-state index is -0.538. The molecular formula is C16H15FN2O3. The van der Waals surface area contributed by atoms with Crippen molar-refractivity contribution in [1.29, 1.82) is 0 Å². The number of hydrogen-bond acceptors (Lipinski definition) is 4. The molecule has 0 N–H and O–H groups in total. The standard InChI is InChI=1S/C16H15FN2O3/c1-2-22-15(20)11-19(14-5-3-4-10-18-14)16(21)12-6-8-13(17)9-7-12/h3-10H,2,11H2,1H3. The average Bonchev–Trinajstić information content (AvgIpc) is 2.54. The molecule has 2 aromatic rings. The van der Waals surface area contributed by atoms with E-state index >= 15 is 0 Å². The van der Waals surface area contributed by atoms with Gasteiger partial charge in [-0.2, -0.15) is 0 Å². The second-order valence-corrected chi connectivity index (χ2v) is 4.39. The van der Waals surface area contributed by atoms with Crippen molar-refractivity contribution < 1.29 is 18.7 Å². The smallest absolute Gasteiger partial charge is 0.326 e. The number of rotatable bonds is 5. The number of benzene rings is 1. The lowest BCUT2D eigenvalue weighted by Crippen LogP contribution is -2.37. The molecule has 0 saturated carbocycles. The van der Waals surface area contributed by atoms with E-state index < -0.39 is 17.7 Å². The Bertz CT molecular complexity index is 644. The lowest BCUT2D eigenvalue weighted by molar-refractivity contribution is -0.141. The van der Waals surface area contributed by atoms with Gasteiger partial charge in [0.05, 0.1) is 6.61 Å².